The standard InChI is InChI=1S/C11H12N2S/c1-8-2-3-9(10(12)6-8)7-11-13-4-5-14-11/h2-6H,7,12H2,1H3. The summed E-state index contributed by atoms with van der Waals surface area (Å²) < 4.78 is 0. The van der Waals surface area contributed by atoms with E-state index in [0.29, 0.717) is 0 Å². The van der Waals surface area contributed by atoms with Gasteiger partial charge in [-0.1, -0.05) is 12.1 Å². The number of hydrogen-bond acceptors (Lipinski definition) is 3. The number of aromatic nitrogens is 1. The lowest BCUT2D eigenvalue weighted by Crippen LogP contribution is -1.95. The van der Waals surface area contributed by atoms with Crippen molar-refractivity contribution in [1.29, 1.82) is 0 Å². The number of anilines is 1. The van der Waals surface area contributed by atoms with Gasteiger partial charge in [-0.2, -0.15) is 0 Å². The van der Waals surface area contributed by atoms with Crippen molar-refractivity contribution < 1.29 is 0 Å². The fourth-order valence-electron chi connectivity index (χ4n) is 1.38. The number of nitrogens with two attached hydrogens (primary N) is 1. The van der Waals surface area contributed by atoms with Gasteiger partial charge in [-0.05, 0) is 24.1 Å². The lowest BCUT2D eigenvalue weighted by atomic mass is 10.1. The molecule has 72 valence electrons. The van der Waals surface area contributed by atoms with E-state index < -0.39 is 0 Å². The molecule has 0 amide bonds. The summed E-state index contributed by atoms with van der Waals surface area (Å²) in [5, 5.41) is 3.10. The maximum absolute atomic E-state index is 5.91. The van der Waals surface area contributed by atoms with Crippen molar-refractivity contribution in [3.63, 3.8) is 0 Å². The monoisotopic (exact) mass is 204 g/mol. The normalized spacial score (nSPS) is 10.4. The van der Waals surface area contributed by atoms with E-state index in [-0.39, 0.29) is 0 Å². The molecule has 1 aromatic heterocycles. The molecule has 3 heteroatoms. The highest BCUT2D eigenvalue weighted by atomic mass is 32.1. The Kier molecular flexibility index (Phi) is 2.50. The molecule has 0 bridgehead atoms. The van der Waals surface area contributed by atoms with E-state index in [1.165, 1.54) is 5.56 Å². The first kappa shape index (κ1) is 9.21. The van der Waals surface area contributed by atoms with Crippen LogP contribution in [0.25, 0.3) is 0 Å². The van der Waals surface area contributed by atoms with Gasteiger partial charge in [0.15, 0.2) is 0 Å². The minimum absolute atomic E-state index is 0.837. The SMILES string of the molecule is Cc1ccc(Cc2nccs2)c(N)c1. The number of hydrogen-bond donors (Lipinski definition) is 1. The third kappa shape index (κ3) is 1.93. The fourth-order valence-corrected chi connectivity index (χ4v) is 2.02. The molecule has 0 spiro atoms. The van der Waals surface area contributed by atoms with Crippen molar-refractivity contribution in [2.24, 2.45) is 0 Å². The van der Waals surface area contributed by atoms with Crippen molar-refractivity contribution in [1.82, 2.24) is 4.98 Å². The van der Waals surface area contributed by atoms with Crippen LogP contribution < -0.4 is 5.73 Å². The predicted molar refractivity (Wildman–Crippen MR) is 60.5 cm³/mol. The average Bonchev–Trinajstić information content (AvgIpc) is 2.62. The van der Waals surface area contributed by atoms with E-state index in [4.69, 9.17) is 5.73 Å². The Morgan fingerprint density at radius 3 is 2.93 bits per heavy atom. The Labute approximate surface area is 87.4 Å². The number of benzene rings is 1. The van der Waals surface area contributed by atoms with Gasteiger partial charge in [-0.15, -0.1) is 11.3 Å². The Balaban J connectivity index is 2.25. The number of thiazole rings is 1. The first-order valence-electron chi connectivity index (χ1n) is 4.49. The minimum Gasteiger partial charge on any atom is -0.398 e. The van der Waals surface area contributed by atoms with Gasteiger partial charge in [0.05, 0.1) is 5.01 Å². The van der Waals surface area contributed by atoms with Gasteiger partial charge in [0.25, 0.3) is 0 Å². The average molecular weight is 204 g/mol. The summed E-state index contributed by atoms with van der Waals surface area (Å²) in [6.07, 6.45) is 2.66. The fraction of sp³-hybridized carbons (Fsp3) is 0.182. The summed E-state index contributed by atoms with van der Waals surface area (Å²) in [6.45, 7) is 2.05. The molecule has 0 aliphatic heterocycles. The van der Waals surface area contributed by atoms with Gasteiger partial charge in [-0.25, -0.2) is 4.98 Å². The van der Waals surface area contributed by atoms with Crippen LogP contribution in [0.4, 0.5) is 5.69 Å². The molecule has 0 fully saturated rings. The lowest BCUT2D eigenvalue weighted by Gasteiger charge is -2.04. The highest BCUT2D eigenvalue weighted by Crippen LogP contribution is 2.18. The second-order valence-corrected chi connectivity index (χ2v) is 4.28. The van der Waals surface area contributed by atoms with Gasteiger partial charge in [0.1, 0.15) is 0 Å². The predicted octanol–water partition coefficient (Wildman–Crippen LogP) is 2.62. The zero-order valence-corrected chi connectivity index (χ0v) is 8.84. The number of nitrogen functional groups attached to an aromatic ring is 1. The second-order valence-electron chi connectivity index (χ2n) is 3.30. The summed E-state index contributed by atoms with van der Waals surface area (Å²) in [4.78, 5) is 4.24. The van der Waals surface area contributed by atoms with Gasteiger partial charge in [0.2, 0.25) is 0 Å². The number of nitrogens with zero attached hydrogens (tertiary/aromatic N) is 1. The molecule has 14 heavy (non-hydrogen) atoms. The third-order valence-electron chi connectivity index (χ3n) is 2.13. The maximum Gasteiger partial charge on any atom is 0.0969 e. The largest absolute Gasteiger partial charge is 0.398 e. The zero-order valence-electron chi connectivity index (χ0n) is 8.03. The van der Waals surface area contributed by atoms with E-state index in [9.17, 15) is 0 Å². The van der Waals surface area contributed by atoms with E-state index in [0.717, 1.165) is 22.7 Å². The molecule has 2 nitrogen and oxygen atoms in total. The van der Waals surface area contributed by atoms with Crippen LogP contribution in [0, 0.1) is 6.92 Å². The second kappa shape index (κ2) is 3.80. The Morgan fingerprint density at radius 2 is 2.29 bits per heavy atom. The van der Waals surface area contributed by atoms with Crippen LogP contribution in [0.3, 0.4) is 0 Å². The third-order valence-corrected chi connectivity index (χ3v) is 2.91. The first-order chi connectivity index (χ1) is 6.75. The van der Waals surface area contributed by atoms with Crippen molar-refractivity contribution in [3.05, 3.63) is 45.9 Å². The van der Waals surface area contributed by atoms with Crippen LogP contribution in [0.2, 0.25) is 0 Å². The first-order valence-corrected chi connectivity index (χ1v) is 5.37. The van der Waals surface area contributed by atoms with Crippen LogP contribution in [0.5, 0.6) is 0 Å². The molecule has 0 saturated heterocycles. The molecular formula is C11H12N2S. The molecule has 0 aliphatic carbocycles. The Morgan fingerprint density at radius 1 is 1.43 bits per heavy atom. The highest BCUT2D eigenvalue weighted by Gasteiger charge is 2.02. The van der Waals surface area contributed by atoms with Gasteiger partial charge in [-0.3, -0.25) is 0 Å². The van der Waals surface area contributed by atoms with Crippen molar-refractivity contribution in [2.75, 3.05) is 5.73 Å². The van der Waals surface area contributed by atoms with Crippen molar-refractivity contribution in [3.8, 4) is 0 Å². The summed E-state index contributed by atoms with van der Waals surface area (Å²) >= 11 is 1.66. The molecule has 0 radical (unpaired) electrons. The summed E-state index contributed by atoms with van der Waals surface area (Å²) in [5.74, 6) is 0. The van der Waals surface area contributed by atoms with Gasteiger partial charge < -0.3 is 5.73 Å². The number of rotatable bonds is 2. The summed E-state index contributed by atoms with van der Waals surface area (Å²) in [5.41, 5.74) is 9.13. The van der Waals surface area contributed by atoms with Crippen LogP contribution in [-0.4, -0.2) is 4.98 Å². The van der Waals surface area contributed by atoms with Crippen LogP contribution >= 0.6 is 11.3 Å². The smallest absolute Gasteiger partial charge is 0.0969 e. The molecule has 1 aromatic carbocycles. The molecule has 0 atom stereocenters. The molecule has 0 aliphatic rings. The topological polar surface area (TPSA) is 38.9 Å². The molecule has 2 aromatic rings. The lowest BCUT2D eigenvalue weighted by molar-refractivity contribution is 1.14. The van der Waals surface area contributed by atoms with Gasteiger partial charge in [0, 0.05) is 23.7 Å². The van der Waals surface area contributed by atoms with E-state index in [2.05, 4.69) is 17.1 Å². The van der Waals surface area contributed by atoms with Gasteiger partial charge >= 0.3 is 0 Å². The molecule has 2 N–H and O–H groups in total. The Bertz CT molecular complexity index is 421. The van der Waals surface area contributed by atoms with Crippen molar-refractivity contribution in [2.45, 2.75) is 13.3 Å². The Hall–Kier alpha value is -1.35. The van der Waals surface area contributed by atoms with E-state index in [1.807, 2.05) is 24.6 Å². The summed E-state index contributed by atoms with van der Waals surface area (Å²) in [6, 6.07) is 6.16. The van der Waals surface area contributed by atoms with Crippen molar-refractivity contribution >= 4 is 17.0 Å². The molecule has 2 rings (SSSR count). The van der Waals surface area contributed by atoms with Crippen LogP contribution in [0.15, 0.2) is 29.8 Å². The summed E-state index contributed by atoms with van der Waals surface area (Å²) in [7, 11) is 0. The van der Waals surface area contributed by atoms with E-state index in [1.54, 1.807) is 11.3 Å². The van der Waals surface area contributed by atoms with E-state index >= 15 is 0 Å². The van der Waals surface area contributed by atoms with Crippen LogP contribution in [-0.2, 0) is 6.42 Å². The minimum atomic E-state index is 0.837. The quantitative estimate of drug-likeness (QED) is 0.764. The zero-order chi connectivity index (χ0) is 9.97. The highest BCUT2D eigenvalue weighted by molar-refractivity contribution is 7.09. The maximum atomic E-state index is 5.91. The van der Waals surface area contributed by atoms with Crippen LogP contribution in [0.1, 0.15) is 16.1 Å². The molecule has 0 saturated carbocycles. The molecule has 1 heterocycles. The molecule has 0 unspecified atom stereocenters. The molecular weight excluding hydrogens is 192 g/mol. The number of aryl methyl sites for hydroxylation is 1.